The summed E-state index contributed by atoms with van der Waals surface area (Å²) >= 11 is 0. The molecule has 0 amide bonds. The molecule has 0 aromatic rings. The van der Waals surface area contributed by atoms with Crippen molar-refractivity contribution in [3.63, 3.8) is 0 Å². The quantitative estimate of drug-likeness (QED) is 0.517. The third kappa shape index (κ3) is 3.64. The molecule has 0 saturated carbocycles. The summed E-state index contributed by atoms with van der Waals surface area (Å²) in [6.07, 6.45) is 1.86. The van der Waals surface area contributed by atoms with Gasteiger partial charge in [0.25, 0.3) is 0 Å². The third-order valence-electron chi connectivity index (χ3n) is 1.07. The van der Waals surface area contributed by atoms with Gasteiger partial charge in [0.05, 0.1) is 0 Å². The molecule has 0 fully saturated rings. The van der Waals surface area contributed by atoms with E-state index in [0.717, 1.165) is 17.0 Å². The molecular weight excluding hydrogens is 112 g/mol. The van der Waals surface area contributed by atoms with E-state index in [0.29, 0.717) is 0 Å². The predicted molar refractivity (Wildman–Crippen MR) is 40.5 cm³/mol. The van der Waals surface area contributed by atoms with Crippen LogP contribution in [-0.2, 0) is 0 Å². The topological polar surface area (TPSA) is 52.0 Å². The molecule has 52 valence electrons. The van der Waals surface area contributed by atoms with E-state index in [2.05, 4.69) is 0 Å². The van der Waals surface area contributed by atoms with E-state index in [-0.39, 0.29) is 0 Å². The molecule has 2 nitrogen and oxygen atoms in total. The van der Waals surface area contributed by atoms with E-state index in [1.54, 1.807) is 0 Å². The Bertz CT molecular complexity index is 146. The summed E-state index contributed by atoms with van der Waals surface area (Å²) < 4.78 is 0. The normalized spacial score (nSPS) is 15.2. The minimum atomic E-state index is 0.789. The summed E-state index contributed by atoms with van der Waals surface area (Å²) in [6.45, 7) is 5.63. The van der Waals surface area contributed by atoms with Crippen LogP contribution in [0.5, 0.6) is 0 Å². The Labute approximate surface area is 56.2 Å². The minimum absolute atomic E-state index is 0.789. The van der Waals surface area contributed by atoms with Crippen LogP contribution in [0, 0.1) is 0 Å². The Morgan fingerprint density at radius 1 is 1.11 bits per heavy atom. The second-order valence-electron chi connectivity index (χ2n) is 2.25. The predicted octanol–water partition coefficient (Wildman–Crippen LogP) is 1.10. The first kappa shape index (κ1) is 8.08. The number of hydrogen-bond donors (Lipinski definition) is 2. The van der Waals surface area contributed by atoms with Gasteiger partial charge in [-0.1, -0.05) is 0 Å². The first-order valence-electron chi connectivity index (χ1n) is 2.90. The highest BCUT2D eigenvalue weighted by Gasteiger charge is 1.85. The smallest absolute Gasteiger partial charge is 0.00792 e. The van der Waals surface area contributed by atoms with Crippen LogP contribution >= 0.6 is 0 Å². The maximum absolute atomic E-state index is 5.46. The van der Waals surface area contributed by atoms with Crippen LogP contribution in [0.2, 0.25) is 0 Å². The molecule has 0 unspecified atom stereocenters. The molecule has 0 bridgehead atoms. The Morgan fingerprint density at radius 2 is 1.56 bits per heavy atom. The molecule has 9 heavy (non-hydrogen) atoms. The van der Waals surface area contributed by atoms with E-state index in [4.69, 9.17) is 11.5 Å². The Morgan fingerprint density at radius 3 is 1.67 bits per heavy atom. The van der Waals surface area contributed by atoms with Crippen LogP contribution in [-0.4, -0.2) is 0 Å². The Balaban J connectivity index is 4.25. The fourth-order valence-corrected chi connectivity index (χ4v) is 0.455. The number of nitrogens with two attached hydrogens (primary N) is 2. The van der Waals surface area contributed by atoms with Crippen LogP contribution in [0.1, 0.15) is 20.8 Å². The summed E-state index contributed by atoms with van der Waals surface area (Å²) in [5.74, 6) is 0. The van der Waals surface area contributed by atoms with Gasteiger partial charge in [-0.15, -0.1) is 0 Å². The monoisotopic (exact) mass is 126 g/mol. The van der Waals surface area contributed by atoms with Crippen molar-refractivity contribution < 1.29 is 0 Å². The molecule has 0 saturated heterocycles. The second-order valence-corrected chi connectivity index (χ2v) is 2.25. The molecule has 0 aromatic heterocycles. The fraction of sp³-hybridized carbons (Fsp3) is 0.429. The van der Waals surface area contributed by atoms with Gasteiger partial charge in [0.15, 0.2) is 0 Å². The average molecular weight is 126 g/mol. The summed E-state index contributed by atoms with van der Waals surface area (Å²) in [5, 5.41) is 0. The highest BCUT2D eigenvalue weighted by atomic mass is 14.6. The molecule has 0 spiro atoms. The lowest BCUT2D eigenvalue weighted by molar-refractivity contribution is 1.21. The van der Waals surface area contributed by atoms with E-state index >= 15 is 0 Å². The van der Waals surface area contributed by atoms with Crippen molar-refractivity contribution in [1.82, 2.24) is 0 Å². The molecule has 0 radical (unpaired) electrons. The van der Waals surface area contributed by atoms with E-state index < -0.39 is 0 Å². The van der Waals surface area contributed by atoms with Crippen LogP contribution < -0.4 is 11.5 Å². The zero-order valence-electron chi connectivity index (χ0n) is 6.23. The summed E-state index contributed by atoms with van der Waals surface area (Å²) in [6, 6.07) is 0. The second kappa shape index (κ2) is 3.17. The van der Waals surface area contributed by atoms with Crippen LogP contribution in [0.4, 0.5) is 0 Å². The van der Waals surface area contributed by atoms with Crippen molar-refractivity contribution in [2.24, 2.45) is 11.5 Å². The molecule has 0 aromatic carbocycles. The van der Waals surface area contributed by atoms with Gasteiger partial charge in [0.2, 0.25) is 0 Å². The van der Waals surface area contributed by atoms with E-state index in [1.807, 2.05) is 26.8 Å². The third-order valence-corrected chi connectivity index (χ3v) is 1.07. The van der Waals surface area contributed by atoms with Gasteiger partial charge in [-0.25, -0.2) is 0 Å². The summed E-state index contributed by atoms with van der Waals surface area (Å²) in [4.78, 5) is 0. The van der Waals surface area contributed by atoms with Crippen molar-refractivity contribution >= 4 is 0 Å². The lowest BCUT2D eigenvalue weighted by Gasteiger charge is -1.95. The Hall–Kier alpha value is -0.920. The summed E-state index contributed by atoms with van der Waals surface area (Å²) in [5.41, 5.74) is 13.5. The van der Waals surface area contributed by atoms with Gasteiger partial charge in [0, 0.05) is 11.4 Å². The molecule has 4 N–H and O–H groups in total. The molecule has 0 aliphatic heterocycles. The highest BCUT2D eigenvalue weighted by molar-refractivity contribution is 5.22. The van der Waals surface area contributed by atoms with E-state index in [9.17, 15) is 0 Å². The van der Waals surface area contributed by atoms with Gasteiger partial charge in [-0.3, -0.25) is 0 Å². The summed E-state index contributed by atoms with van der Waals surface area (Å²) in [7, 11) is 0. The molecular formula is C7H14N2. The van der Waals surface area contributed by atoms with E-state index in [1.165, 1.54) is 0 Å². The number of rotatable bonds is 1. The van der Waals surface area contributed by atoms with Gasteiger partial charge >= 0.3 is 0 Å². The maximum atomic E-state index is 5.46. The van der Waals surface area contributed by atoms with Crippen LogP contribution in [0.15, 0.2) is 23.0 Å². The highest BCUT2D eigenvalue weighted by Crippen LogP contribution is 1.99. The fourth-order valence-electron chi connectivity index (χ4n) is 0.455. The van der Waals surface area contributed by atoms with Crippen LogP contribution in [0.25, 0.3) is 0 Å². The van der Waals surface area contributed by atoms with Crippen molar-refractivity contribution in [1.29, 1.82) is 0 Å². The number of allylic oxidation sites excluding steroid dienone is 4. The van der Waals surface area contributed by atoms with Gasteiger partial charge in [-0.05, 0) is 32.4 Å². The lowest BCUT2D eigenvalue weighted by Crippen LogP contribution is -1.96. The Kier molecular flexibility index (Phi) is 2.85. The zero-order chi connectivity index (χ0) is 7.44. The van der Waals surface area contributed by atoms with Crippen LogP contribution in [0.3, 0.4) is 0 Å². The molecule has 0 rings (SSSR count). The van der Waals surface area contributed by atoms with Crippen molar-refractivity contribution in [3.05, 3.63) is 23.0 Å². The molecule has 0 aliphatic carbocycles. The average Bonchev–Trinajstić information content (AvgIpc) is 1.63. The first-order valence-corrected chi connectivity index (χ1v) is 2.90. The van der Waals surface area contributed by atoms with Crippen molar-refractivity contribution in [2.75, 3.05) is 0 Å². The lowest BCUT2D eigenvalue weighted by atomic mass is 10.2. The van der Waals surface area contributed by atoms with Crippen molar-refractivity contribution in [3.8, 4) is 0 Å². The molecule has 0 heterocycles. The SMILES string of the molecule is C/C(N)=C/C(C)=C(/C)N. The van der Waals surface area contributed by atoms with Gasteiger partial charge in [-0.2, -0.15) is 0 Å². The largest absolute Gasteiger partial charge is 0.402 e. The standard InChI is InChI=1S/C7H14N2/c1-5(7(3)9)4-6(2)8/h4H,8-9H2,1-3H3/b6-4-,7-5-. The molecule has 2 heteroatoms. The molecule has 0 aliphatic rings. The molecule has 0 atom stereocenters. The number of hydrogen-bond acceptors (Lipinski definition) is 2. The maximum Gasteiger partial charge on any atom is 0.00792 e. The minimum Gasteiger partial charge on any atom is -0.402 e. The van der Waals surface area contributed by atoms with Gasteiger partial charge in [0.1, 0.15) is 0 Å². The van der Waals surface area contributed by atoms with Crippen molar-refractivity contribution in [2.45, 2.75) is 20.8 Å². The first-order chi connectivity index (χ1) is 4.04. The zero-order valence-corrected chi connectivity index (χ0v) is 6.23. The van der Waals surface area contributed by atoms with Gasteiger partial charge < -0.3 is 11.5 Å².